The molecule has 0 radical (unpaired) electrons. The monoisotopic (exact) mass is 200 g/mol. The topological polar surface area (TPSA) is 17.1 Å². The maximum absolute atomic E-state index is 10.7. The van der Waals surface area contributed by atoms with Crippen molar-refractivity contribution in [2.24, 2.45) is 5.92 Å². The van der Waals surface area contributed by atoms with Crippen LogP contribution in [-0.4, -0.2) is 9.58 Å². The maximum atomic E-state index is 10.7. The Hall–Kier alpha value is 0.540. The second kappa shape index (κ2) is 2.88. The van der Waals surface area contributed by atoms with Crippen LogP contribution in [0.5, 0.6) is 0 Å². The van der Waals surface area contributed by atoms with Crippen molar-refractivity contribution in [3.05, 3.63) is 0 Å². The van der Waals surface area contributed by atoms with Gasteiger partial charge in [-0.25, -0.2) is 0 Å². The highest BCUT2D eigenvalue weighted by Crippen LogP contribution is 2.39. The zero-order chi connectivity index (χ0) is 7.78. The molecule has 1 aliphatic rings. The highest BCUT2D eigenvalue weighted by atomic mass is 35.6. The van der Waals surface area contributed by atoms with E-state index in [2.05, 4.69) is 0 Å². The van der Waals surface area contributed by atoms with Crippen LogP contribution < -0.4 is 0 Å². The molecule has 0 bridgehead atoms. The lowest BCUT2D eigenvalue weighted by Gasteiger charge is -2.26. The number of Topliss-reactive ketones (excluding diaryl/α,β-unsaturated/α-hetero) is 1. The predicted molar refractivity (Wildman–Crippen MR) is 42.6 cm³/mol. The third kappa shape index (κ3) is 2.30. The summed E-state index contributed by atoms with van der Waals surface area (Å²) in [7, 11) is 0. The molecule has 0 amide bonds. The quantitative estimate of drug-likeness (QED) is 0.596. The molecule has 58 valence electrons. The average molecular weight is 201 g/mol. The van der Waals surface area contributed by atoms with Gasteiger partial charge in [-0.2, -0.15) is 0 Å². The smallest absolute Gasteiger partial charge is 0.191 e. The molecule has 1 fully saturated rings. The summed E-state index contributed by atoms with van der Waals surface area (Å²) < 4.78 is -1.25. The summed E-state index contributed by atoms with van der Waals surface area (Å²) in [5.41, 5.74) is 0. The second-order valence-corrected chi connectivity index (χ2v) is 5.04. The molecule has 1 aliphatic carbocycles. The zero-order valence-electron chi connectivity index (χ0n) is 5.24. The van der Waals surface area contributed by atoms with Gasteiger partial charge in [-0.3, -0.25) is 4.79 Å². The Morgan fingerprint density at radius 1 is 1.50 bits per heavy atom. The summed E-state index contributed by atoms with van der Waals surface area (Å²) in [5, 5.41) is 0. The molecule has 1 nitrogen and oxygen atoms in total. The minimum atomic E-state index is -1.25. The molecule has 1 rings (SSSR count). The molecule has 0 spiro atoms. The van der Waals surface area contributed by atoms with Gasteiger partial charge in [0.2, 0.25) is 0 Å². The maximum Gasteiger partial charge on any atom is 0.191 e. The van der Waals surface area contributed by atoms with E-state index in [1.807, 2.05) is 0 Å². The number of halogens is 3. The molecule has 0 aliphatic heterocycles. The summed E-state index contributed by atoms with van der Waals surface area (Å²) in [5.74, 6) is 0.235. The van der Waals surface area contributed by atoms with E-state index in [0.29, 0.717) is 12.8 Å². The highest BCUT2D eigenvalue weighted by Gasteiger charge is 2.35. The molecule has 1 saturated carbocycles. The fraction of sp³-hybridized carbons (Fsp3) is 0.833. The molecule has 0 saturated heterocycles. The van der Waals surface area contributed by atoms with Crippen LogP contribution in [0.1, 0.15) is 19.3 Å². The van der Waals surface area contributed by atoms with Gasteiger partial charge < -0.3 is 0 Å². The zero-order valence-corrected chi connectivity index (χ0v) is 7.51. The van der Waals surface area contributed by atoms with Crippen LogP contribution in [0, 0.1) is 5.92 Å². The third-order valence-electron chi connectivity index (χ3n) is 1.67. The number of ketones is 1. The molecule has 1 atom stereocenters. The van der Waals surface area contributed by atoms with Crippen molar-refractivity contribution in [3.8, 4) is 0 Å². The van der Waals surface area contributed by atoms with Gasteiger partial charge in [0.05, 0.1) is 0 Å². The van der Waals surface area contributed by atoms with Gasteiger partial charge in [-0.05, 0) is 6.42 Å². The largest absolute Gasteiger partial charge is 0.299 e. The fourth-order valence-corrected chi connectivity index (χ4v) is 1.52. The first-order chi connectivity index (χ1) is 4.49. The molecular formula is C6H7Cl3O. The minimum Gasteiger partial charge on any atom is -0.299 e. The average Bonchev–Trinajstić information content (AvgIpc) is 1.78. The molecular weight excluding hydrogens is 194 g/mol. The Kier molecular flexibility index (Phi) is 2.49. The number of rotatable bonds is 1. The number of hydrogen-bond donors (Lipinski definition) is 0. The van der Waals surface area contributed by atoms with Crippen LogP contribution in [0.15, 0.2) is 0 Å². The van der Waals surface area contributed by atoms with E-state index < -0.39 is 3.79 Å². The van der Waals surface area contributed by atoms with E-state index in [1.165, 1.54) is 0 Å². The van der Waals surface area contributed by atoms with Crippen LogP contribution in [-0.2, 0) is 4.79 Å². The first-order valence-corrected chi connectivity index (χ1v) is 4.22. The Labute approximate surface area is 74.6 Å². The molecule has 0 aromatic carbocycles. The Balaban J connectivity index is 2.32. The van der Waals surface area contributed by atoms with Gasteiger partial charge in [0.1, 0.15) is 5.78 Å². The van der Waals surface area contributed by atoms with Gasteiger partial charge in [-0.15, -0.1) is 0 Å². The van der Waals surface area contributed by atoms with Crippen molar-refractivity contribution >= 4 is 40.6 Å². The van der Waals surface area contributed by atoms with Crippen molar-refractivity contribution in [2.45, 2.75) is 23.1 Å². The van der Waals surface area contributed by atoms with E-state index in [4.69, 9.17) is 34.8 Å². The Morgan fingerprint density at radius 3 is 2.20 bits per heavy atom. The second-order valence-electron chi connectivity index (χ2n) is 2.52. The van der Waals surface area contributed by atoms with Crippen LogP contribution in [0.25, 0.3) is 0 Å². The summed E-state index contributed by atoms with van der Waals surface area (Å²) in [6.45, 7) is 0. The molecule has 0 heterocycles. The van der Waals surface area contributed by atoms with Crippen LogP contribution >= 0.6 is 34.8 Å². The van der Waals surface area contributed by atoms with Gasteiger partial charge in [0.15, 0.2) is 3.79 Å². The van der Waals surface area contributed by atoms with Crippen molar-refractivity contribution in [1.82, 2.24) is 0 Å². The third-order valence-corrected chi connectivity index (χ3v) is 2.14. The van der Waals surface area contributed by atoms with Crippen LogP contribution in [0.3, 0.4) is 0 Å². The first-order valence-electron chi connectivity index (χ1n) is 3.08. The van der Waals surface area contributed by atoms with E-state index in [1.54, 1.807) is 0 Å². The highest BCUT2D eigenvalue weighted by molar-refractivity contribution is 6.67. The number of hydrogen-bond acceptors (Lipinski definition) is 1. The van der Waals surface area contributed by atoms with Crippen molar-refractivity contribution in [2.75, 3.05) is 0 Å². The standard InChI is InChI=1S/C6H7Cl3O/c7-6(8,9)3-4-1-2-5(4)10/h4H,1-3H2. The van der Waals surface area contributed by atoms with Crippen LogP contribution in [0.4, 0.5) is 0 Å². The fourth-order valence-electron chi connectivity index (χ4n) is 0.962. The van der Waals surface area contributed by atoms with Crippen LogP contribution in [0.2, 0.25) is 0 Å². The van der Waals surface area contributed by atoms with Crippen molar-refractivity contribution in [1.29, 1.82) is 0 Å². The lowest BCUT2D eigenvalue weighted by Crippen LogP contribution is -2.29. The Bertz CT molecular complexity index is 150. The summed E-state index contributed by atoms with van der Waals surface area (Å²) in [4.78, 5) is 10.7. The van der Waals surface area contributed by atoms with E-state index >= 15 is 0 Å². The number of carbonyl (C=O) groups is 1. The van der Waals surface area contributed by atoms with E-state index in [9.17, 15) is 4.79 Å². The lowest BCUT2D eigenvalue weighted by atomic mass is 9.82. The predicted octanol–water partition coefficient (Wildman–Crippen LogP) is 2.73. The molecule has 0 aromatic heterocycles. The van der Waals surface area contributed by atoms with Gasteiger partial charge in [0.25, 0.3) is 0 Å². The van der Waals surface area contributed by atoms with Crippen molar-refractivity contribution < 1.29 is 4.79 Å². The molecule has 4 heteroatoms. The van der Waals surface area contributed by atoms with Gasteiger partial charge in [-0.1, -0.05) is 34.8 Å². The summed E-state index contributed by atoms with van der Waals surface area (Å²) in [6.07, 6.45) is 1.91. The van der Waals surface area contributed by atoms with E-state index in [-0.39, 0.29) is 11.7 Å². The van der Waals surface area contributed by atoms with E-state index in [0.717, 1.165) is 6.42 Å². The molecule has 0 N–H and O–H groups in total. The first kappa shape index (κ1) is 8.63. The lowest BCUT2D eigenvalue weighted by molar-refractivity contribution is -0.129. The summed E-state index contributed by atoms with van der Waals surface area (Å²) >= 11 is 16.5. The summed E-state index contributed by atoms with van der Waals surface area (Å²) in [6, 6.07) is 0. The number of carbonyl (C=O) groups excluding carboxylic acids is 1. The minimum absolute atomic E-state index is 0.00694. The molecule has 1 unspecified atom stereocenters. The normalized spacial score (nSPS) is 26.3. The molecule has 0 aromatic rings. The molecule has 10 heavy (non-hydrogen) atoms. The van der Waals surface area contributed by atoms with Crippen molar-refractivity contribution in [3.63, 3.8) is 0 Å². The number of alkyl halides is 3. The van der Waals surface area contributed by atoms with Gasteiger partial charge in [0, 0.05) is 18.8 Å². The SMILES string of the molecule is O=C1CCC1CC(Cl)(Cl)Cl. The van der Waals surface area contributed by atoms with Gasteiger partial charge >= 0.3 is 0 Å². The Morgan fingerprint density at radius 2 is 2.10 bits per heavy atom.